The van der Waals surface area contributed by atoms with Gasteiger partial charge in [0.25, 0.3) is 10.1 Å². The first-order valence-corrected chi connectivity index (χ1v) is 7.28. The highest BCUT2D eigenvalue weighted by Crippen LogP contribution is 2.48. The Bertz CT molecular complexity index is 484. The van der Waals surface area contributed by atoms with E-state index in [1.807, 2.05) is 6.92 Å². The molecule has 0 aromatic heterocycles. The highest BCUT2D eigenvalue weighted by molar-refractivity contribution is 7.86. The van der Waals surface area contributed by atoms with E-state index in [9.17, 15) is 8.42 Å². The van der Waals surface area contributed by atoms with Crippen molar-refractivity contribution in [2.24, 2.45) is 5.41 Å². The first-order valence-electron chi connectivity index (χ1n) is 5.87. The molecule has 1 aliphatic carbocycles. The lowest BCUT2D eigenvalue weighted by Crippen LogP contribution is -2.10. The Morgan fingerprint density at radius 1 is 1.24 bits per heavy atom. The molecule has 0 saturated heterocycles. The molecule has 0 spiro atoms. The molecule has 0 aliphatic heterocycles. The van der Waals surface area contributed by atoms with E-state index >= 15 is 0 Å². The summed E-state index contributed by atoms with van der Waals surface area (Å²) in [6.45, 7) is 4.37. The fraction of sp³-hybridized carbons (Fsp3) is 0.538. The Morgan fingerprint density at radius 2 is 1.82 bits per heavy atom. The molecule has 1 saturated carbocycles. The van der Waals surface area contributed by atoms with Gasteiger partial charge in [-0.3, -0.25) is 4.18 Å². The molecule has 3 nitrogen and oxygen atoms in total. The molecule has 1 aromatic carbocycles. The van der Waals surface area contributed by atoms with Crippen molar-refractivity contribution in [1.29, 1.82) is 0 Å². The first kappa shape index (κ1) is 12.6. The van der Waals surface area contributed by atoms with Crippen LogP contribution in [0, 0.1) is 12.3 Å². The smallest absolute Gasteiger partial charge is 0.266 e. The van der Waals surface area contributed by atoms with Crippen molar-refractivity contribution in [1.82, 2.24) is 0 Å². The van der Waals surface area contributed by atoms with Gasteiger partial charge in [-0.15, -0.1) is 0 Å². The zero-order valence-corrected chi connectivity index (χ0v) is 11.1. The second kappa shape index (κ2) is 4.42. The molecule has 0 heterocycles. The molecule has 4 heteroatoms. The average molecular weight is 254 g/mol. The second-order valence-corrected chi connectivity index (χ2v) is 6.77. The van der Waals surface area contributed by atoms with E-state index < -0.39 is 10.1 Å². The van der Waals surface area contributed by atoms with Gasteiger partial charge < -0.3 is 0 Å². The number of aryl methyl sites for hydroxylation is 1. The third kappa shape index (κ3) is 3.30. The molecule has 2 rings (SSSR count). The minimum absolute atomic E-state index is 0.240. The highest BCUT2D eigenvalue weighted by atomic mass is 32.2. The molecule has 1 aromatic rings. The van der Waals surface area contributed by atoms with Crippen LogP contribution in [0.25, 0.3) is 0 Å². The molecule has 0 amide bonds. The quantitative estimate of drug-likeness (QED) is 0.759. The van der Waals surface area contributed by atoms with Gasteiger partial charge in [0.2, 0.25) is 0 Å². The molecule has 0 unspecified atom stereocenters. The lowest BCUT2D eigenvalue weighted by atomic mass is 10.1. The molecule has 0 N–H and O–H groups in total. The summed E-state index contributed by atoms with van der Waals surface area (Å²) in [6, 6.07) is 6.73. The average Bonchev–Trinajstić information content (AvgIpc) is 2.97. The Labute approximate surface area is 103 Å². The molecule has 0 atom stereocenters. The number of hydrogen-bond donors (Lipinski definition) is 0. The predicted molar refractivity (Wildman–Crippen MR) is 66.3 cm³/mol. The summed E-state index contributed by atoms with van der Waals surface area (Å²) in [4.78, 5) is 0.240. The molecule has 1 aliphatic rings. The molecular formula is C13H18O3S. The van der Waals surface area contributed by atoms with Crippen molar-refractivity contribution in [3.8, 4) is 0 Å². The van der Waals surface area contributed by atoms with Crippen molar-refractivity contribution in [3.05, 3.63) is 29.8 Å². The van der Waals surface area contributed by atoms with Gasteiger partial charge in [0.1, 0.15) is 0 Å². The second-order valence-electron chi connectivity index (χ2n) is 5.15. The summed E-state index contributed by atoms with van der Waals surface area (Å²) < 4.78 is 28.7. The minimum atomic E-state index is -3.57. The van der Waals surface area contributed by atoms with Gasteiger partial charge in [-0.2, -0.15) is 8.42 Å². The van der Waals surface area contributed by atoms with Crippen LogP contribution in [-0.4, -0.2) is 15.0 Å². The standard InChI is InChI=1S/C13H18O3S/c1-11-3-5-12(6-4-11)17(14,15)16-10-9-13(2)7-8-13/h3-6H,7-10H2,1-2H3. The fourth-order valence-electron chi connectivity index (χ4n) is 1.63. The normalized spacial score (nSPS) is 18.0. The van der Waals surface area contributed by atoms with Crippen LogP contribution >= 0.6 is 0 Å². The van der Waals surface area contributed by atoms with E-state index in [0.717, 1.165) is 12.0 Å². The topological polar surface area (TPSA) is 43.4 Å². The van der Waals surface area contributed by atoms with Gasteiger partial charge in [-0.1, -0.05) is 24.6 Å². The molecular weight excluding hydrogens is 236 g/mol. The van der Waals surface area contributed by atoms with Gasteiger partial charge in [0.05, 0.1) is 11.5 Å². The Balaban J connectivity index is 1.96. The summed E-state index contributed by atoms with van der Waals surface area (Å²) in [5, 5.41) is 0. The number of benzene rings is 1. The number of hydrogen-bond acceptors (Lipinski definition) is 3. The monoisotopic (exact) mass is 254 g/mol. The summed E-state index contributed by atoms with van der Waals surface area (Å²) in [5.74, 6) is 0. The summed E-state index contributed by atoms with van der Waals surface area (Å²) >= 11 is 0. The molecule has 0 radical (unpaired) electrons. The van der Waals surface area contributed by atoms with E-state index in [-0.39, 0.29) is 11.5 Å². The van der Waals surface area contributed by atoms with Crippen molar-refractivity contribution in [2.75, 3.05) is 6.61 Å². The van der Waals surface area contributed by atoms with Crippen molar-refractivity contribution in [2.45, 2.75) is 38.0 Å². The Hall–Kier alpha value is -0.870. The van der Waals surface area contributed by atoms with E-state index in [1.54, 1.807) is 24.3 Å². The van der Waals surface area contributed by atoms with Crippen LogP contribution in [0.15, 0.2) is 29.2 Å². The van der Waals surface area contributed by atoms with Crippen LogP contribution in [0.3, 0.4) is 0 Å². The van der Waals surface area contributed by atoms with E-state index in [2.05, 4.69) is 6.92 Å². The van der Waals surface area contributed by atoms with Gasteiger partial charge in [-0.05, 0) is 43.7 Å². The maximum atomic E-state index is 11.8. The van der Waals surface area contributed by atoms with E-state index in [0.29, 0.717) is 5.41 Å². The molecule has 0 bridgehead atoms. The zero-order valence-electron chi connectivity index (χ0n) is 10.3. The maximum absolute atomic E-state index is 11.8. The van der Waals surface area contributed by atoms with Gasteiger partial charge in [-0.25, -0.2) is 0 Å². The van der Waals surface area contributed by atoms with Gasteiger partial charge in [0.15, 0.2) is 0 Å². The Morgan fingerprint density at radius 3 is 2.35 bits per heavy atom. The fourth-order valence-corrected chi connectivity index (χ4v) is 2.54. The molecule has 94 valence electrons. The van der Waals surface area contributed by atoms with E-state index in [4.69, 9.17) is 4.18 Å². The van der Waals surface area contributed by atoms with E-state index in [1.165, 1.54) is 12.8 Å². The largest absolute Gasteiger partial charge is 0.296 e. The summed E-state index contributed by atoms with van der Waals surface area (Å²) in [5.41, 5.74) is 1.36. The summed E-state index contributed by atoms with van der Waals surface area (Å²) in [7, 11) is -3.57. The van der Waals surface area contributed by atoms with Gasteiger partial charge >= 0.3 is 0 Å². The Kier molecular flexibility index (Phi) is 3.27. The number of rotatable bonds is 5. The van der Waals surface area contributed by atoms with Crippen molar-refractivity contribution < 1.29 is 12.6 Å². The highest BCUT2D eigenvalue weighted by Gasteiger charge is 2.36. The molecule has 17 heavy (non-hydrogen) atoms. The lowest BCUT2D eigenvalue weighted by molar-refractivity contribution is 0.281. The lowest BCUT2D eigenvalue weighted by Gasteiger charge is -2.09. The van der Waals surface area contributed by atoms with Gasteiger partial charge in [0, 0.05) is 0 Å². The predicted octanol–water partition coefficient (Wildman–Crippen LogP) is 2.89. The molecule has 1 fully saturated rings. The van der Waals surface area contributed by atoms with Crippen LogP contribution in [0.2, 0.25) is 0 Å². The zero-order chi connectivity index (χ0) is 12.5. The minimum Gasteiger partial charge on any atom is -0.266 e. The van der Waals surface area contributed by atoms with Crippen LogP contribution in [0.1, 0.15) is 31.7 Å². The van der Waals surface area contributed by atoms with Crippen LogP contribution in [0.5, 0.6) is 0 Å². The third-order valence-corrected chi connectivity index (χ3v) is 4.68. The van der Waals surface area contributed by atoms with Crippen LogP contribution in [0.4, 0.5) is 0 Å². The maximum Gasteiger partial charge on any atom is 0.296 e. The van der Waals surface area contributed by atoms with Crippen LogP contribution < -0.4 is 0 Å². The van der Waals surface area contributed by atoms with Crippen LogP contribution in [-0.2, 0) is 14.3 Å². The van der Waals surface area contributed by atoms with Crippen molar-refractivity contribution in [3.63, 3.8) is 0 Å². The third-order valence-electron chi connectivity index (χ3n) is 3.36. The SMILES string of the molecule is Cc1ccc(S(=O)(=O)OCCC2(C)CC2)cc1. The van der Waals surface area contributed by atoms with Crippen molar-refractivity contribution >= 4 is 10.1 Å². The summed E-state index contributed by atoms with van der Waals surface area (Å²) in [6.07, 6.45) is 3.18. The first-order chi connectivity index (χ1) is 7.91.